The van der Waals surface area contributed by atoms with E-state index in [2.05, 4.69) is 5.32 Å². The van der Waals surface area contributed by atoms with E-state index in [1.165, 1.54) is 18.2 Å². The summed E-state index contributed by atoms with van der Waals surface area (Å²) in [4.78, 5) is 36.5. The minimum absolute atomic E-state index is 0.0225. The molecule has 1 fully saturated rings. The molecule has 1 aliphatic rings. The molecule has 0 bridgehead atoms. The Morgan fingerprint density at radius 3 is 2.30 bits per heavy atom. The van der Waals surface area contributed by atoms with Crippen LogP contribution < -0.4 is 15.0 Å². The van der Waals surface area contributed by atoms with Crippen LogP contribution in [0.2, 0.25) is 0 Å². The SMILES string of the molecule is O=C(O)c1ccccc1N(CCc1ccc(OC(c2ccccc2)(C2CCCN2)[N+](=O)[O-])cc1)C(=O)O. The second-order valence-electron chi connectivity index (χ2n) is 8.72. The van der Waals surface area contributed by atoms with Gasteiger partial charge < -0.3 is 20.3 Å². The molecular weight excluding hydrogens is 478 g/mol. The van der Waals surface area contributed by atoms with E-state index in [9.17, 15) is 29.9 Å². The highest BCUT2D eigenvalue weighted by Gasteiger charge is 2.56. The number of carboxylic acids is 1. The molecule has 0 aromatic heterocycles. The van der Waals surface area contributed by atoms with Crippen LogP contribution in [0.25, 0.3) is 0 Å². The van der Waals surface area contributed by atoms with Gasteiger partial charge in [-0.2, -0.15) is 0 Å². The van der Waals surface area contributed by atoms with Crippen molar-refractivity contribution in [3.05, 3.63) is 106 Å². The van der Waals surface area contributed by atoms with Gasteiger partial charge in [-0.05, 0) is 67.8 Å². The maximum absolute atomic E-state index is 12.5. The Bertz CT molecular complexity index is 1260. The summed E-state index contributed by atoms with van der Waals surface area (Å²) in [7, 11) is 0. The van der Waals surface area contributed by atoms with E-state index < -0.39 is 23.8 Å². The van der Waals surface area contributed by atoms with Crippen molar-refractivity contribution in [2.75, 3.05) is 18.0 Å². The van der Waals surface area contributed by atoms with Crippen LogP contribution in [0.5, 0.6) is 5.75 Å². The summed E-state index contributed by atoms with van der Waals surface area (Å²) >= 11 is 0. The zero-order valence-corrected chi connectivity index (χ0v) is 19.9. The highest BCUT2D eigenvalue weighted by molar-refractivity contribution is 5.99. The molecule has 0 aliphatic carbocycles. The van der Waals surface area contributed by atoms with Gasteiger partial charge in [0.1, 0.15) is 11.8 Å². The minimum Gasteiger partial charge on any atom is -0.478 e. The fourth-order valence-electron chi connectivity index (χ4n) is 4.65. The van der Waals surface area contributed by atoms with Crippen LogP contribution in [-0.4, -0.2) is 46.3 Å². The lowest BCUT2D eigenvalue weighted by molar-refractivity contribution is -0.632. The van der Waals surface area contributed by atoms with Gasteiger partial charge in [-0.1, -0.05) is 42.5 Å². The molecule has 1 heterocycles. The molecule has 2 unspecified atom stereocenters. The van der Waals surface area contributed by atoms with E-state index in [1.807, 2.05) is 0 Å². The van der Waals surface area contributed by atoms with Crippen molar-refractivity contribution in [2.24, 2.45) is 0 Å². The quantitative estimate of drug-likeness (QED) is 0.209. The summed E-state index contributed by atoms with van der Waals surface area (Å²) < 4.78 is 6.13. The molecule has 1 saturated heterocycles. The predicted molar refractivity (Wildman–Crippen MR) is 136 cm³/mol. The number of ether oxygens (including phenoxy) is 1. The van der Waals surface area contributed by atoms with Gasteiger partial charge in [-0.25, -0.2) is 9.59 Å². The number of nitrogens with zero attached hydrogens (tertiary/aromatic N) is 2. The Morgan fingerprint density at radius 1 is 1.03 bits per heavy atom. The van der Waals surface area contributed by atoms with E-state index in [0.29, 0.717) is 30.7 Å². The number of nitrogens with one attached hydrogen (secondary N) is 1. The largest absolute Gasteiger partial charge is 0.478 e. The summed E-state index contributed by atoms with van der Waals surface area (Å²) in [6.07, 6.45) is 0.428. The second kappa shape index (κ2) is 11.1. The number of carbonyl (C=O) groups is 2. The molecule has 4 rings (SSSR count). The molecule has 10 nitrogen and oxygen atoms in total. The van der Waals surface area contributed by atoms with Crippen molar-refractivity contribution in [3.8, 4) is 5.75 Å². The second-order valence-corrected chi connectivity index (χ2v) is 8.72. The lowest BCUT2D eigenvalue weighted by Crippen LogP contribution is -2.55. The number of hydrogen-bond donors (Lipinski definition) is 3. The Hall–Kier alpha value is -4.44. The number of nitro groups is 1. The number of carboxylic acid groups (broad SMARTS) is 2. The average molecular weight is 506 g/mol. The van der Waals surface area contributed by atoms with E-state index in [0.717, 1.165) is 16.9 Å². The highest BCUT2D eigenvalue weighted by Crippen LogP contribution is 2.36. The van der Waals surface area contributed by atoms with Crippen molar-refractivity contribution < 1.29 is 29.5 Å². The standard InChI is InChI=1S/C27H27N3O7/c31-25(32)22-9-4-5-10-23(22)29(26(33)34)18-16-19-12-14-21(15-13-19)37-27(30(35)36,24-11-6-17-28-24)20-7-2-1-3-8-20/h1-5,7-10,12-15,24,28H,6,11,16-18H2,(H,31,32)(H,33,34). The van der Waals surface area contributed by atoms with Crippen molar-refractivity contribution >= 4 is 17.7 Å². The lowest BCUT2D eigenvalue weighted by Gasteiger charge is -2.31. The summed E-state index contributed by atoms with van der Waals surface area (Å²) in [5.74, 6) is -0.905. The molecule has 1 aliphatic heterocycles. The lowest BCUT2D eigenvalue weighted by atomic mass is 9.93. The van der Waals surface area contributed by atoms with Crippen LogP contribution in [-0.2, 0) is 12.1 Å². The van der Waals surface area contributed by atoms with Crippen LogP contribution in [0.1, 0.15) is 34.3 Å². The number of amides is 1. The van der Waals surface area contributed by atoms with Gasteiger partial charge in [0.15, 0.2) is 0 Å². The summed E-state index contributed by atoms with van der Waals surface area (Å²) in [5.41, 5.74) is -0.620. The summed E-state index contributed by atoms with van der Waals surface area (Å²) in [5, 5.41) is 34.8. The minimum atomic E-state index is -1.81. The van der Waals surface area contributed by atoms with Crippen LogP contribution >= 0.6 is 0 Å². The molecule has 0 spiro atoms. The molecule has 10 heteroatoms. The van der Waals surface area contributed by atoms with Gasteiger partial charge >= 0.3 is 17.8 Å². The molecule has 2 atom stereocenters. The maximum Gasteiger partial charge on any atom is 0.411 e. The molecule has 0 saturated carbocycles. The van der Waals surface area contributed by atoms with Crippen molar-refractivity contribution in [1.82, 2.24) is 5.32 Å². The Balaban J connectivity index is 1.54. The first-order chi connectivity index (χ1) is 17.8. The van der Waals surface area contributed by atoms with Crippen molar-refractivity contribution in [2.45, 2.75) is 31.0 Å². The third-order valence-electron chi connectivity index (χ3n) is 6.47. The van der Waals surface area contributed by atoms with Crippen LogP contribution in [0.15, 0.2) is 78.9 Å². The Kier molecular flexibility index (Phi) is 7.69. The third kappa shape index (κ3) is 5.39. The van der Waals surface area contributed by atoms with Gasteiger partial charge in [0.05, 0.1) is 21.7 Å². The maximum atomic E-state index is 12.5. The van der Waals surface area contributed by atoms with Gasteiger partial charge in [-0.3, -0.25) is 15.0 Å². The molecule has 3 N–H and O–H groups in total. The molecule has 192 valence electrons. The number of rotatable bonds is 10. The number of aromatic carboxylic acids is 1. The molecular formula is C27H27N3O7. The first kappa shape index (κ1) is 25.6. The van der Waals surface area contributed by atoms with E-state index in [-0.39, 0.29) is 22.7 Å². The van der Waals surface area contributed by atoms with Gasteiger partial charge in [0.25, 0.3) is 0 Å². The van der Waals surface area contributed by atoms with Crippen LogP contribution in [0.4, 0.5) is 10.5 Å². The highest BCUT2D eigenvalue weighted by atomic mass is 16.7. The van der Waals surface area contributed by atoms with Crippen LogP contribution in [0, 0.1) is 10.1 Å². The fraction of sp³-hybridized carbons (Fsp3) is 0.259. The molecule has 1 amide bonds. The molecule has 3 aromatic carbocycles. The topological polar surface area (TPSA) is 142 Å². The fourth-order valence-corrected chi connectivity index (χ4v) is 4.65. The zero-order chi connectivity index (χ0) is 26.4. The summed E-state index contributed by atoms with van der Waals surface area (Å²) in [6.45, 7) is 0.690. The van der Waals surface area contributed by atoms with Crippen molar-refractivity contribution in [3.63, 3.8) is 0 Å². The zero-order valence-electron chi connectivity index (χ0n) is 19.9. The number of benzene rings is 3. The van der Waals surface area contributed by atoms with E-state index in [1.54, 1.807) is 60.7 Å². The third-order valence-corrected chi connectivity index (χ3v) is 6.47. The number of anilines is 1. The first-order valence-electron chi connectivity index (χ1n) is 11.9. The van der Waals surface area contributed by atoms with Gasteiger partial charge in [0, 0.05) is 6.54 Å². The monoisotopic (exact) mass is 505 g/mol. The molecule has 3 aromatic rings. The van der Waals surface area contributed by atoms with E-state index >= 15 is 0 Å². The van der Waals surface area contributed by atoms with Crippen LogP contribution in [0.3, 0.4) is 0 Å². The van der Waals surface area contributed by atoms with E-state index in [4.69, 9.17) is 4.74 Å². The average Bonchev–Trinajstić information content (AvgIpc) is 3.44. The predicted octanol–water partition coefficient (Wildman–Crippen LogP) is 4.37. The normalized spacial score (nSPS) is 16.5. The summed E-state index contributed by atoms with van der Waals surface area (Å²) in [6, 6.07) is 20.7. The Labute approximate surface area is 213 Å². The number of hydrogen-bond acceptors (Lipinski definition) is 6. The molecule has 0 radical (unpaired) electrons. The van der Waals surface area contributed by atoms with Gasteiger partial charge in [0.2, 0.25) is 0 Å². The van der Waals surface area contributed by atoms with Gasteiger partial charge in [-0.15, -0.1) is 0 Å². The van der Waals surface area contributed by atoms with Crippen molar-refractivity contribution in [1.29, 1.82) is 0 Å². The molecule has 37 heavy (non-hydrogen) atoms. The smallest absolute Gasteiger partial charge is 0.411 e. The Morgan fingerprint density at radius 2 is 1.70 bits per heavy atom. The number of para-hydroxylation sites is 1. The first-order valence-corrected chi connectivity index (χ1v) is 11.9.